The van der Waals surface area contributed by atoms with Crippen LogP contribution in [0.15, 0.2) is 60.7 Å². The van der Waals surface area contributed by atoms with E-state index < -0.39 is 5.97 Å². The second-order valence-electron chi connectivity index (χ2n) is 7.34. The molecule has 0 amide bonds. The second-order valence-corrected chi connectivity index (χ2v) is 8.19. The van der Waals surface area contributed by atoms with Gasteiger partial charge < -0.3 is 10.0 Å². The highest BCUT2D eigenvalue weighted by atomic mass is 35.5. The normalized spacial score (nSPS) is 13.7. The van der Waals surface area contributed by atoms with Crippen LogP contribution in [0.5, 0.6) is 0 Å². The van der Waals surface area contributed by atoms with Gasteiger partial charge in [0.15, 0.2) is 0 Å². The smallest absolute Gasteiger partial charge is 0.335 e. The highest BCUT2D eigenvalue weighted by molar-refractivity contribution is 6.35. The van der Waals surface area contributed by atoms with Crippen LogP contribution in [-0.4, -0.2) is 17.6 Å². The van der Waals surface area contributed by atoms with E-state index in [0.717, 1.165) is 42.5 Å². The number of aromatic carboxylic acids is 1. The average molecular weight is 426 g/mol. The Morgan fingerprint density at radius 1 is 0.966 bits per heavy atom. The first-order chi connectivity index (χ1) is 14.0. The van der Waals surface area contributed by atoms with E-state index in [-0.39, 0.29) is 0 Å². The predicted molar refractivity (Wildman–Crippen MR) is 119 cm³/mol. The monoisotopic (exact) mass is 425 g/mol. The quantitative estimate of drug-likeness (QED) is 0.505. The van der Waals surface area contributed by atoms with Crippen molar-refractivity contribution >= 4 is 34.9 Å². The third-order valence-corrected chi connectivity index (χ3v) is 5.96. The lowest BCUT2D eigenvalue weighted by Crippen LogP contribution is -2.23. The van der Waals surface area contributed by atoms with Gasteiger partial charge in [-0.3, -0.25) is 0 Å². The zero-order valence-electron chi connectivity index (χ0n) is 15.9. The van der Waals surface area contributed by atoms with Gasteiger partial charge >= 0.3 is 5.97 Å². The minimum Gasteiger partial charge on any atom is -0.478 e. The molecule has 1 aliphatic heterocycles. The number of anilines is 1. The molecule has 3 aromatic carbocycles. The molecular weight excluding hydrogens is 405 g/mol. The number of fused-ring (bicyclic) bond motifs is 1. The summed E-state index contributed by atoms with van der Waals surface area (Å²) in [5.41, 5.74) is 5.75. The molecule has 0 aliphatic carbocycles. The van der Waals surface area contributed by atoms with Gasteiger partial charge in [-0.2, -0.15) is 0 Å². The van der Waals surface area contributed by atoms with Crippen molar-refractivity contribution in [3.63, 3.8) is 0 Å². The number of carbonyl (C=O) groups is 1. The maximum atomic E-state index is 11.3. The Balaban J connectivity index is 1.72. The number of hydrogen-bond acceptors (Lipinski definition) is 2. The van der Waals surface area contributed by atoms with Crippen LogP contribution in [0.4, 0.5) is 5.69 Å². The molecule has 148 valence electrons. The second kappa shape index (κ2) is 8.48. The molecule has 0 saturated carbocycles. The minimum atomic E-state index is -0.916. The molecule has 29 heavy (non-hydrogen) atoms. The van der Waals surface area contributed by atoms with Crippen LogP contribution in [0.2, 0.25) is 10.0 Å². The molecular formula is C24H21Cl2NO2. The van der Waals surface area contributed by atoms with E-state index >= 15 is 0 Å². The van der Waals surface area contributed by atoms with Crippen molar-refractivity contribution in [2.24, 2.45) is 0 Å². The van der Waals surface area contributed by atoms with Crippen LogP contribution < -0.4 is 4.90 Å². The third kappa shape index (κ3) is 4.42. The largest absolute Gasteiger partial charge is 0.478 e. The number of hydrogen-bond donors (Lipinski definition) is 1. The number of carboxylic acid groups (broad SMARTS) is 1. The lowest BCUT2D eigenvalue weighted by atomic mass is 9.98. The summed E-state index contributed by atoms with van der Waals surface area (Å²) in [6.45, 7) is 1.66. The Kier molecular flexibility index (Phi) is 5.79. The first-order valence-electron chi connectivity index (χ1n) is 9.67. The van der Waals surface area contributed by atoms with Gasteiger partial charge in [-0.15, -0.1) is 0 Å². The molecule has 0 aromatic heterocycles. The molecule has 0 unspecified atom stereocenters. The summed E-state index contributed by atoms with van der Waals surface area (Å²) in [4.78, 5) is 13.7. The van der Waals surface area contributed by atoms with Crippen LogP contribution in [0, 0.1) is 0 Å². The van der Waals surface area contributed by atoms with E-state index in [9.17, 15) is 9.90 Å². The summed E-state index contributed by atoms with van der Waals surface area (Å²) in [7, 11) is 0. The van der Waals surface area contributed by atoms with Crippen LogP contribution in [-0.2, 0) is 13.0 Å². The highest BCUT2D eigenvalue weighted by Gasteiger charge is 2.18. The lowest BCUT2D eigenvalue weighted by molar-refractivity contribution is 0.0697. The Bertz CT molecular complexity index is 1060. The summed E-state index contributed by atoms with van der Waals surface area (Å²) in [6, 6.07) is 19.1. The van der Waals surface area contributed by atoms with Crippen molar-refractivity contribution in [2.75, 3.05) is 11.4 Å². The number of carboxylic acids is 1. The Labute approximate surface area is 180 Å². The molecule has 0 atom stereocenters. The summed E-state index contributed by atoms with van der Waals surface area (Å²) in [6.07, 6.45) is 3.30. The van der Waals surface area contributed by atoms with Crippen molar-refractivity contribution in [3.8, 4) is 11.1 Å². The molecule has 1 N–H and O–H groups in total. The van der Waals surface area contributed by atoms with E-state index in [1.165, 1.54) is 11.3 Å². The summed E-state index contributed by atoms with van der Waals surface area (Å²) in [5, 5.41) is 10.6. The van der Waals surface area contributed by atoms with Crippen LogP contribution in [0.25, 0.3) is 11.1 Å². The van der Waals surface area contributed by atoms with Gasteiger partial charge in [-0.25, -0.2) is 4.79 Å². The summed E-state index contributed by atoms with van der Waals surface area (Å²) >= 11 is 12.5. The van der Waals surface area contributed by atoms with Crippen molar-refractivity contribution in [3.05, 3.63) is 87.4 Å². The summed E-state index contributed by atoms with van der Waals surface area (Å²) < 4.78 is 0. The number of nitrogens with zero attached hydrogens (tertiary/aromatic N) is 1. The average Bonchev–Trinajstić information content (AvgIpc) is 2.92. The van der Waals surface area contributed by atoms with E-state index in [1.807, 2.05) is 18.2 Å². The SMILES string of the molecule is O=C(O)c1cccc(-c2ccc3c(c2)N(Cc2ccc(Cl)cc2Cl)CCCC3)c1. The predicted octanol–water partition coefficient (Wildman–Crippen LogP) is 6.70. The molecule has 1 aliphatic rings. The fourth-order valence-electron chi connectivity index (χ4n) is 3.84. The first kappa shape index (κ1) is 19.8. The van der Waals surface area contributed by atoms with Crippen molar-refractivity contribution in [1.29, 1.82) is 0 Å². The van der Waals surface area contributed by atoms with Crippen molar-refractivity contribution < 1.29 is 9.90 Å². The zero-order chi connectivity index (χ0) is 20.4. The van der Waals surface area contributed by atoms with E-state index in [1.54, 1.807) is 24.3 Å². The van der Waals surface area contributed by atoms with E-state index in [4.69, 9.17) is 23.2 Å². The standard InChI is InChI=1S/C24H21Cl2NO2/c25-21-10-9-20(22(26)14-21)15-27-11-2-1-4-16-7-8-18(13-23(16)27)17-5-3-6-19(12-17)24(28)29/h3,5-10,12-14H,1-2,4,11,15H2,(H,28,29). The van der Waals surface area contributed by atoms with Gasteiger partial charge in [-0.1, -0.05) is 53.5 Å². The molecule has 0 radical (unpaired) electrons. The van der Waals surface area contributed by atoms with Gasteiger partial charge in [-0.05, 0) is 71.8 Å². The molecule has 0 fully saturated rings. The van der Waals surface area contributed by atoms with Gasteiger partial charge in [0.25, 0.3) is 0 Å². The fourth-order valence-corrected chi connectivity index (χ4v) is 4.31. The molecule has 3 aromatic rings. The van der Waals surface area contributed by atoms with Crippen LogP contribution in [0.3, 0.4) is 0 Å². The van der Waals surface area contributed by atoms with Gasteiger partial charge in [0, 0.05) is 28.8 Å². The third-order valence-electron chi connectivity index (χ3n) is 5.37. The van der Waals surface area contributed by atoms with Gasteiger partial charge in [0.1, 0.15) is 0 Å². The Hall–Kier alpha value is -2.49. The Morgan fingerprint density at radius 2 is 1.79 bits per heavy atom. The topological polar surface area (TPSA) is 40.5 Å². The lowest BCUT2D eigenvalue weighted by Gasteiger charge is -2.26. The molecule has 1 heterocycles. The number of aryl methyl sites for hydroxylation is 1. The maximum absolute atomic E-state index is 11.3. The molecule has 0 saturated heterocycles. The van der Waals surface area contributed by atoms with Gasteiger partial charge in [0.05, 0.1) is 5.56 Å². The number of halogens is 2. The van der Waals surface area contributed by atoms with Crippen molar-refractivity contribution in [1.82, 2.24) is 0 Å². The molecule has 4 rings (SSSR count). The van der Waals surface area contributed by atoms with Crippen molar-refractivity contribution in [2.45, 2.75) is 25.8 Å². The summed E-state index contributed by atoms with van der Waals surface area (Å²) in [5.74, 6) is -0.916. The van der Waals surface area contributed by atoms with E-state index in [2.05, 4.69) is 23.1 Å². The maximum Gasteiger partial charge on any atom is 0.335 e. The zero-order valence-corrected chi connectivity index (χ0v) is 17.4. The molecule has 3 nitrogen and oxygen atoms in total. The molecule has 5 heteroatoms. The Morgan fingerprint density at radius 3 is 2.59 bits per heavy atom. The van der Waals surface area contributed by atoms with E-state index in [0.29, 0.717) is 22.2 Å². The number of benzene rings is 3. The highest BCUT2D eigenvalue weighted by Crippen LogP contribution is 2.34. The molecule has 0 spiro atoms. The molecule has 0 bridgehead atoms. The fraction of sp³-hybridized carbons (Fsp3) is 0.208. The minimum absolute atomic E-state index is 0.294. The number of rotatable bonds is 4. The van der Waals surface area contributed by atoms with Crippen LogP contribution in [0.1, 0.15) is 34.3 Å². The van der Waals surface area contributed by atoms with Crippen LogP contribution >= 0.6 is 23.2 Å². The van der Waals surface area contributed by atoms with Gasteiger partial charge in [0.2, 0.25) is 0 Å². The first-order valence-corrected chi connectivity index (χ1v) is 10.4.